The second-order valence-electron chi connectivity index (χ2n) is 2.98. The van der Waals surface area contributed by atoms with E-state index in [0.29, 0.717) is 0 Å². The van der Waals surface area contributed by atoms with Crippen LogP contribution in [-0.4, -0.2) is 45.6 Å². The minimum absolute atomic E-state index is 1.34. The van der Waals surface area contributed by atoms with Crippen molar-refractivity contribution in [3.05, 3.63) is 0 Å². The summed E-state index contributed by atoms with van der Waals surface area (Å²) in [5.41, 5.74) is 0. The van der Waals surface area contributed by atoms with Gasteiger partial charge in [-0.1, -0.05) is 0 Å². The van der Waals surface area contributed by atoms with Crippen LogP contribution in [0.1, 0.15) is 0 Å². The number of halogens is 1. The van der Waals surface area contributed by atoms with Crippen molar-refractivity contribution in [3.63, 3.8) is 0 Å². The molecule has 3 saturated heterocycles. The van der Waals surface area contributed by atoms with E-state index in [2.05, 4.69) is 13.6 Å². The summed E-state index contributed by atoms with van der Waals surface area (Å²) in [6, 6.07) is 0. The molecule has 0 saturated carbocycles. The van der Waals surface area contributed by atoms with Gasteiger partial charge in [0.1, 0.15) is 6.10 Å². The summed E-state index contributed by atoms with van der Waals surface area (Å²) in [6.45, 7) is 0. The third kappa shape index (κ3) is 1.32. The highest BCUT2D eigenvalue weighted by atomic mass is 31.2. The molecule has 0 aromatic heterocycles. The fourth-order valence-corrected chi connectivity index (χ4v) is 2.67. The number of phosphoric acid groups is 1. The maximum Gasteiger partial charge on any atom is 0.538 e. The smallest absolute Gasteiger partial charge is 0.385 e. The minimum atomic E-state index is -3.97. The zero-order valence-corrected chi connectivity index (χ0v) is 7.83. The van der Waals surface area contributed by atoms with E-state index in [-0.39, 0.29) is 0 Å². The Morgan fingerprint density at radius 2 is 1.87 bits per heavy atom. The molecule has 3 aliphatic rings. The Kier molecular flexibility index (Phi) is 2.16. The van der Waals surface area contributed by atoms with Crippen molar-refractivity contribution >= 4 is 13.8 Å². The van der Waals surface area contributed by atoms with Crippen LogP contribution in [0.25, 0.3) is 0 Å². The Balaban J connectivity index is 2.19. The van der Waals surface area contributed by atoms with Crippen LogP contribution in [0.2, 0.25) is 0 Å². The SMILES string of the molecule is O=C1OP2(=O)OC1(C(O)C(O)C(O)F)O2. The quantitative estimate of drug-likeness (QED) is 0.507. The van der Waals surface area contributed by atoms with E-state index in [1.165, 1.54) is 0 Å². The van der Waals surface area contributed by atoms with Gasteiger partial charge in [-0.05, 0) is 0 Å². The number of rotatable bonds is 3. The Labute approximate surface area is 81.8 Å². The van der Waals surface area contributed by atoms with Crippen molar-refractivity contribution in [3.8, 4) is 0 Å². The molecule has 8 nitrogen and oxygen atoms in total. The Morgan fingerprint density at radius 1 is 1.33 bits per heavy atom. The molecule has 0 spiro atoms. The molecule has 15 heavy (non-hydrogen) atoms. The zero-order chi connectivity index (χ0) is 11.4. The van der Waals surface area contributed by atoms with Gasteiger partial charge in [0.15, 0.2) is 6.10 Å². The predicted octanol–water partition coefficient (Wildman–Crippen LogP) is -1.60. The van der Waals surface area contributed by atoms with Gasteiger partial charge >= 0.3 is 19.6 Å². The lowest BCUT2D eigenvalue weighted by atomic mass is 10.0. The van der Waals surface area contributed by atoms with E-state index < -0.39 is 38.1 Å². The molecule has 3 heterocycles. The Bertz CT molecular complexity index is 345. The molecule has 86 valence electrons. The number of aliphatic hydroxyl groups is 3. The first-order valence-electron chi connectivity index (χ1n) is 3.74. The predicted molar refractivity (Wildman–Crippen MR) is 37.7 cm³/mol. The van der Waals surface area contributed by atoms with Gasteiger partial charge in [0.25, 0.3) is 0 Å². The van der Waals surface area contributed by atoms with Crippen molar-refractivity contribution in [2.75, 3.05) is 0 Å². The molecule has 0 aliphatic carbocycles. The fraction of sp³-hybridized carbons (Fsp3) is 0.800. The zero-order valence-electron chi connectivity index (χ0n) is 6.94. The molecule has 3 fully saturated rings. The molecular formula is C5H6FO8P. The maximum absolute atomic E-state index is 12.2. The Hall–Kier alpha value is -0.570. The summed E-state index contributed by atoms with van der Waals surface area (Å²) in [4.78, 5) is 11.0. The third-order valence-electron chi connectivity index (χ3n) is 1.97. The standard InChI is InChI=1S/C5H6FO8P/c6-3(9)1(7)2(8)5-4(10)12-15(11,13-5)14-5/h1-3,7-9H. The lowest BCUT2D eigenvalue weighted by molar-refractivity contribution is -0.257. The van der Waals surface area contributed by atoms with Gasteiger partial charge in [-0.15, -0.1) is 0 Å². The van der Waals surface area contributed by atoms with Gasteiger partial charge in [-0.2, -0.15) is 0 Å². The number of alkyl halides is 1. The molecule has 3 rings (SSSR count). The monoisotopic (exact) mass is 244 g/mol. The van der Waals surface area contributed by atoms with Crippen LogP contribution in [0.4, 0.5) is 4.39 Å². The molecule has 0 amide bonds. The van der Waals surface area contributed by atoms with Crippen LogP contribution >= 0.6 is 7.82 Å². The van der Waals surface area contributed by atoms with E-state index in [1.807, 2.05) is 0 Å². The molecule has 2 bridgehead atoms. The lowest BCUT2D eigenvalue weighted by Crippen LogP contribution is -2.58. The van der Waals surface area contributed by atoms with Gasteiger partial charge in [0, 0.05) is 0 Å². The van der Waals surface area contributed by atoms with Crippen LogP contribution in [0, 0.1) is 0 Å². The van der Waals surface area contributed by atoms with E-state index in [4.69, 9.17) is 10.2 Å². The number of hydrogen-bond donors (Lipinski definition) is 3. The summed E-state index contributed by atoms with van der Waals surface area (Å²) in [5, 5.41) is 26.5. The highest BCUT2D eigenvalue weighted by molar-refractivity contribution is 7.51. The first-order valence-corrected chi connectivity index (χ1v) is 5.21. The minimum Gasteiger partial charge on any atom is -0.385 e. The van der Waals surface area contributed by atoms with Gasteiger partial charge in [0.2, 0.25) is 6.36 Å². The summed E-state index contributed by atoms with van der Waals surface area (Å²) in [5.74, 6) is -3.83. The number of carbonyl (C=O) groups is 1. The van der Waals surface area contributed by atoms with Crippen molar-refractivity contribution in [2.45, 2.75) is 24.4 Å². The molecule has 0 aromatic rings. The maximum atomic E-state index is 12.2. The second-order valence-corrected chi connectivity index (χ2v) is 4.43. The van der Waals surface area contributed by atoms with Crippen LogP contribution in [0.15, 0.2) is 0 Å². The summed E-state index contributed by atoms with van der Waals surface area (Å²) in [6.07, 6.45) is -7.39. The summed E-state index contributed by atoms with van der Waals surface area (Å²) < 4.78 is 35.9. The van der Waals surface area contributed by atoms with Gasteiger partial charge in [-0.3, -0.25) is 0 Å². The number of aliphatic hydroxyl groups excluding tert-OH is 3. The van der Waals surface area contributed by atoms with Crippen LogP contribution in [0.3, 0.4) is 0 Å². The van der Waals surface area contributed by atoms with E-state index in [9.17, 15) is 18.9 Å². The largest absolute Gasteiger partial charge is 0.538 e. The molecule has 3 atom stereocenters. The number of phosphoric ester groups is 1. The molecule has 0 radical (unpaired) electrons. The van der Waals surface area contributed by atoms with E-state index in [0.717, 1.165) is 0 Å². The number of hydrogen-bond acceptors (Lipinski definition) is 8. The highest BCUT2D eigenvalue weighted by Crippen LogP contribution is 2.73. The van der Waals surface area contributed by atoms with Crippen molar-refractivity contribution in [2.24, 2.45) is 0 Å². The highest BCUT2D eigenvalue weighted by Gasteiger charge is 2.77. The second kappa shape index (κ2) is 2.97. The van der Waals surface area contributed by atoms with Crippen LogP contribution in [0.5, 0.6) is 0 Å². The average Bonchev–Trinajstić information content (AvgIpc) is 2.48. The lowest BCUT2D eigenvalue weighted by Gasteiger charge is -2.35. The van der Waals surface area contributed by atoms with Gasteiger partial charge in [0.05, 0.1) is 0 Å². The first-order chi connectivity index (χ1) is 6.81. The van der Waals surface area contributed by atoms with Crippen molar-refractivity contribution < 1.29 is 42.6 Å². The summed E-state index contributed by atoms with van der Waals surface area (Å²) >= 11 is 0. The van der Waals surface area contributed by atoms with Gasteiger partial charge < -0.3 is 19.8 Å². The van der Waals surface area contributed by atoms with Crippen molar-refractivity contribution in [1.82, 2.24) is 0 Å². The first kappa shape index (κ1) is 10.9. The summed E-state index contributed by atoms with van der Waals surface area (Å²) in [7, 11) is -3.97. The topological polar surface area (TPSA) is 123 Å². The molecule has 3 aliphatic heterocycles. The molecule has 3 N–H and O–H groups in total. The molecular weight excluding hydrogens is 238 g/mol. The number of carbonyl (C=O) groups excluding carboxylic acids is 1. The van der Waals surface area contributed by atoms with Gasteiger partial charge in [-0.25, -0.2) is 22.8 Å². The Morgan fingerprint density at radius 3 is 2.20 bits per heavy atom. The van der Waals surface area contributed by atoms with Crippen molar-refractivity contribution in [1.29, 1.82) is 0 Å². The van der Waals surface area contributed by atoms with Crippen LogP contribution in [-0.2, 0) is 22.9 Å². The van der Waals surface area contributed by atoms with E-state index >= 15 is 0 Å². The average molecular weight is 244 g/mol. The fourth-order valence-electron chi connectivity index (χ4n) is 1.22. The normalized spacial score (nSPS) is 44.1. The third-order valence-corrected chi connectivity index (χ3v) is 3.35. The molecule has 3 unspecified atom stereocenters. The number of fused-ring (bicyclic) bond motifs is 1. The van der Waals surface area contributed by atoms with E-state index in [1.54, 1.807) is 0 Å². The molecule has 0 aromatic carbocycles. The molecule has 10 heteroatoms. The van der Waals surface area contributed by atoms with Crippen LogP contribution < -0.4 is 0 Å².